The molecule has 38 heavy (non-hydrogen) atoms. The summed E-state index contributed by atoms with van der Waals surface area (Å²) in [7, 11) is 0. The number of ether oxygens (including phenoxy) is 4. The first-order chi connectivity index (χ1) is 18.2. The molecule has 2 atom stereocenters. The quantitative estimate of drug-likeness (QED) is 0.209. The predicted octanol–water partition coefficient (Wildman–Crippen LogP) is 3.64. The Morgan fingerprint density at radius 1 is 0.711 bits per heavy atom. The summed E-state index contributed by atoms with van der Waals surface area (Å²) in [6, 6.07) is 0. The number of hydrogen-bond acceptors (Lipinski definition) is 10. The fraction of sp³-hybridized carbons (Fsp3) is 0.500. The summed E-state index contributed by atoms with van der Waals surface area (Å²) in [5, 5.41) is 0. The van der Waals surface area contributed by atoms with Crippen LogP contribution in [0.3, 0.4) is 0 Å². The second-order valence-electron chi connectivity index (χ2n) is 9.22. The van der Waals surface area contributed by atoms with Crippen LogP contribution in [0, 0.1) is 0 Å². The average molecular weight is 529 g/mol. The van der Waals surface area contributed by atoms with Gasteiger partial charge in [0.15, 0.2) is 0 Å². The molecule has 0 saturated heterocycles. The van der Waals surface area contributed by atoms with Crippen LogP contribution in [0.25, 0.3) is 0 Å². The summed E-state index contributed by atoms with van der Waals surface area (Å²) >= 11 is 0. The number of allylic oxidation sites excluding steroid dienone is 2. The van der Waals surface area contributed by atoms with Crippen LogP contribution in [0.2, 0.25) is 0 Å². The zero-order valence-corrected chi connectivity index (χ0v) is 21.6. The standard InChI is InChI=1S/C28H32O10/c1-3-5-7-11-17-19(27(33)37-25(17)31)15-23(29)35-21-13-9-10-14-22(21)36-24(30)16-20-18(12-8-6-4-2)26(32)38-28(20)34/h7-8,11-12,21-22H,3-6,9-10,13-16H2,1-2H3/b11-7+,12-8+/t21-,22-/m1/s1. The number of carbonyl (C=O) groups is 6. The van der Waals surface area contributed by atoms with Crippen LogP contribution in [0.1, 0.15) is 78.1 Å². The summed E-state index contributed by atoms with van der Waals surface area (Å²) in [5.41, 5.74) is -0.0856. The number of unbranched alkanes of at least 4 members (excludes halogenated alkanes) is 2. The molecular formula is C28H32O10. The number of rotatable bonds is 12. The summed E-state index contributed by atoms with van der Waals surface area (Å²) in [6.07, 6.45) is 9.38. The summed E-state index contributed by atoms with van der Waals surface area (Å²) in [6.45, 7) is 3.92. The molecule has 204 valence electrons. The van der Waals surface area contributed by atoms with Crippen molar-refractivity contribution in [3.05, 3.63) is 46.6 Å². The van der Waals surface area contributed by atoms with Crippen LogP contribution in [0.5, 0.6) is 0 Å². The Bertz CT molecular complexity index is 1030. The van der Waals surface area contributed by atoms with Crippen LogP contribution in [0.15, 0.2) is 46.6 Å². The zero-order valence-electron chi connectivity index (χ0n) is 21.6. The SMILES string of the molecule is CCC/C=C/C1=C(CC(=O)O[C@@H]2CCCC[C@H]2OC(=O)CC2=C(/C=C/CCC)C(=O)OC2=O)C(=O)OC1=O. The second kappa shape index (κ2) is 13.6. The van der Waals surface area contributed by atoms with E-state index in [9.17, 15) is 28.8 Å². The molecule has 3 aliphatic rings. The molecular weight excluding hydrogens is 496 g/mol. The van der Waals surface area contributed by atoms with Gasteiger partial charge in [-0.1, -0.05) is 51.0 Å². The lowest BCUT2D eigenvalue weighted by Crippen LogP contribution is -2.38. The van der Waals surface area contributed by atoms with Gasteiger partial charge in [0, 0.05) is 0 Å². The van der Waals surface area contributed by atoms with Gasteiger partial charge in [0.2, 0.25) is 0 Å². The lowest BCUT2D eigenvalue weighted by molar-refractivity contribution is -0.171. The fourth-order valence-corrected chi connectivity index (χ4v) is 4.32. The van der Waals surface area contributed by atoms with Crippen molar-refractivity contribution in [2.45, 2.75) is 90.3 Å². The molecule has 10 heteroatoms. The van der Waals surface area contributed by atoms with E-state index in [-0.39, 0.29) is 22.3 Å². The van der Waals surface area contributed by atoms with Crippen LogP contribution < -0.4 is 0 Å². The van der Waals surface area contributed by atoms with E-state index in [1.54, 1.807) is 12.2 Å². The van der Waals surface area contributed by atoms with Gasteiger partial charge >= 0.3 is 35.8 Å². The van der Waals surface area contributed by atoms with Crippen LogP contribution in [-0.2, 0) is 47.7 Å². The summed E-state index contributed by atoms with van der Waals surface area (Å²) in [4.78, 5) is 73.6. The van der Waals surface area contributed by atoms with Gasteiger partial charge in [-0.05, 0) is 38.5 Å². The molecule has 0 radical (unpaired) electrons. The van der Waals surface area contributed by atoms with Crippen molar-refractivity contribution in [1.82, 2.24) is 0 Å². The van der Waals surface area contributed by atoms with Gasteiger partial charge < -0.3 is 18.9 Å². The third kappa shape index (κ3) is 7.36. The maximum absolute atomic E-state index is 12.7. The highest BCUT2D eigenvalue weighted by molar-refractivity contribution is 6.16. The third-order valence-corrected chi connectivity index (χ3v) is 6.28. The Labute approximate surface area is 220 Å². The van der Waals surface area contributed by atoms with E-state index in [1.165, 1.54) is 12.2 Å². The van der Waals surface area contributed by atoms with Gasteiger partial charge in [-0.15, -0.1) is 0 Å². The summed E-state index contributed by atoms with van der Waals surface area (Å²) in [5.74, 6) is -4.89. The number of cyclic esters (lactones) is 4. The molecule has 0 unspecified atom stereocenters. The van der Waals surface area contributed by atoms with E-state index < -0.39 is 60.9 Å². The largest absolute Gasteiger partial charge is 0.458 e. The van der Waals surface area contributed by atoms with Crippen LogP contribution in [-0.4, -0.2) is 48.0 Å². The lowest BCUT2D eigenvalue weighted by Gasteiger charge is -2.30. The van der Waals surface area contributed by atoms with Crippen molar-refractivity contribution in [1.29, 1.82) is 0 Å². The van der Waals surface area contributed by atoms with Crippen molar-refractivity contribution in [2.75, 3.05) is 0 Å². The molecule has 1 fully saturated rings. The number of hydrogen-bond donors (Lipinski definition) is 0. The third-order valence-electron chi connectivity index (χ3n) is 6.28. The Hall–Kier alpha value is -3.82. The molecule has 2 heterocycles. The molecule has 10 nitrogen and oxygen atoms in total. The van der Waals surface area contributed by atoms with Crippen LogP contribution in [0.4, 0.5) is 0 Å². The van der Waals surface area contributed by atoms with Gasteiger partial charge in [0.25, 0.3) is 0 Å². The first-order valence-corrected chi connectivity index (χ1v) is 13.0. The molecule has 0 aromatic carbocycles. The van der Waals surface area contributed by atoms with E-state index in [2.05, 4.69) is 9.47 Å². The number of carbonyl (C=O) groups excluding carboxylic acids is 6. The molecule has 2 aliphatic heterocycles. The van der Waals surface area contributed by atoms with Gasteiger partial charge in [0.05, 0.1) is 35.1 Å². The molecule has 1 aliphatic carbocycles. The smallest absolute Gasteiger partial charge is 0.346 e. The van der Waals surface area contributed by atoms with Crippen molar-refractivity contribution in [3.63, 3.8) is 0 Å². The monoisotopic (exact) mass is 528 g/mol. The van der Waals surface area contributed by atoms with E-state index in [0.29, 0.717) is 25.7 Å². The van der Waals surface area contributed by atoms with Crippen molar-refractivity contribution in [2.24, 2.45) is 0 Å². The molecule has 0 spiro atoms. The Kier molecular flexibility index (Phi) is 10.3. The highest BCUT2D eigenvalue weighted by Crippen LogP contribution is 2.28. The molecule has 0 amide bonds. The predicted molar refractivity (Wildman–Crippen MR) is 132 cm³/mol. The molecule has 0 N–H and O–H groups in total. The highest BCUT2D eigenvalue weighted by Gasteiger charge is 2.37. The maximum atomic E-state index is 12.7. The Morgan fingerprint density at radius 3 is 1.47 bits per heavy atom. The second-order valence-corrected chi connectivity index (χ2v) is 9.22. The molecule has 3 rings (SSSR count). The van der Waals surface area contributed by atoms with Crippen molar-refractivity contribution >= 4 is 35.8 Å². The van der Waals surface area contributed by atoms with Gasteiger partial charge in [-0.3, -0.25) is 9.59 Å². The zero-order chi connectivity index (χ0) is 27.7. The minimum atomic E-state index is -0.884. The minimum Gasteiger partial charge on any atom is -0.458 e. The lowest BCUT2D eigenvalue weighted by atomic mass is 9.94. The molecule has 0 aromatic heterocycles. The van der Waals surface area contributed by atoms with E-state index in [1.807, 2.05) is 13.8 Å². The van der Waals surface area contributed by atoms with Crippen molar-refractivity contribution < 1.29 is 47.7 Å². The van der Waals surface area contributed by atoms with Crippen molar-refractivity contribution in [3.8, 4) is 0 Å². The van der Waals surface area contributed by atoms with Gasteiger partial charge in [-0.2, -0.15) is 0 Å². The average Bonchev–Trinajstić information content (AvgIpc) is 3.28. The molecule has 0 aromatic rings. The molecule has 0 bridgehead atoms. The van der Waals surface area contributed by atoms with E-state index in [4.69, 9.17) is 9.47 Å². The van der Waals surface area contributed by atoms with Gasteiger partial charge in [-0.25, -0.2) is 19.2 Å². The number of esters is 6. The first-order valence-electron chi connectivity index (χ1n) is 13.0. The summed E-state index contributed by atoms with van der Waals surface area (Å²) < 4.78 is 20.4. The first kappa shape index (κ1) is 28.7. The maximum Gasteiger partial charge on any atom is 0.346 e. The van der Waals surface area contributed by atoms with Crippen LogP contribution >= 0.6 is 0 Å². The minimum absolute atomic E-state index is 0.0297. The Balaban J connectivity index is 1.65. The fourth-order valence-electron chi connectivity index (χ4n) is 4.32. The topological polar surface area (TPSA) is 139 Å². The Morgan fingerprint density at radius 2 is 1.11 bits per heavy atom. The van der Waals surface area contributed by atoms with E-state index >= 15 is 0 Å². The van der Waals surface area contributed by atoms with Gasteiger partial charge in [0.1, 0.15) is 12.2 Å². The molecule has 1 saturated carbocycles. The normalized spacial score (nSPS) is 22.1. The van der Waals surface area contributed by atoms with E-state index in [0.717, 1.165) is 25.7 Å². The highest BCUT2D eigenvalue weighted by atomic mass is 16.6.